The summed E-state index contributed by atoms with van der Waals surface area (Å²) >= 11 is 0. The van der Waals surface area contributed by atoms with Gasteiger partial charge in [0, 0.05) is 32.5 Å². The van der Waals surface area contributed by atoms with E-state index in [0.29, 0.717) is 45.7 Å². The van der Waals surface area contributed by atoms with Gasteiger partial charge in [0.2, 0.25) is 0 Å². The van der Waals surface area contributed by atoms with E-state index in [1.54, 1.807) is 0 Å². The SMILES string of the molecule is CC(C)(C)[Si](C)(C)OCCC[C@H]1O[C@@H]2CC[C@]3(C)O[C@H]4[C@H](C[C@H]3O[C@H]2CCC1=O)O[C@@H](CCCOCc1ccccc1)C[C@H]4OCc1ccccc1. The minimum absolute atomic E-state index is 0.0500. The number of carbonyl (C=O) groups excluding carboxylic acids is 1. The Morgan fingerprint density at radius 1 is 0.808 bits per heavy atom. The predicted molar refractivity (Wildman–Crippen MR) is 205 cm³/mol. The van der Waals surface area contributed by atoms with Gasteiger partial charge in [0.15, 0.2) is 14.1 Å². The summed E-state index contributed by atoms with van der Waals surface area (Å²) in [6.45, 7) is 16.0. The highest BCUT2D eigenvalue weighted by molar-refractivity contribution is 6.74. The molecule has 4 saturated heterocycles. The maximum absolute atomic E-state index is 13.3. The average molecular weight is 737 g/mol. The molecule has 288 valence electrons. The van der Waals surface area contributed by atoms with Crippen LogP contribution in [0.4, 0.5) is 0 Å². The molecular weight excluding hydrogens is 673 g/mol. The standard InChI is InChI=1S/C43H64O8Si/c1-42(2,3)52(5,6)47-26-14-20-35-34(44)21-22-36-37(49-35)23-24-43(4)40(50-36)28-39-41(51-43)38(46-30-32-17-11-8-12-18-32)27-33(48-39)19-13-25-45-29-31-15-9-7-10-16-31/h7-12,15-18,33,35-41H,13-14,19-30H2,1-6H3/t33-,35+,36-,37+,38+,39-,40+,41+,43-/m0/s1. The van der Waals surface area contributed by atoms with Crippen molar-refractivity contribution in [2.45, 2.75) is 178 Å². The third-order valence-electron chi connectivity index (χ3n) is 12.3. The molecule has 0 amide bonds. The van der Waals surface area contributed by atoms with Crippen LogP contribution in [-0.4, -0.2) is 81.7 Å². The van der Waals surface area contributed by atoms with Gasteiger partial charge >= 0.3 is 0 Å². The first-order valence-corrected chi connectivity index (χ1v) is 22.9. The Hall–Kier alpha value is -1.95. The lowest BCUT2D eigenvalue weighted by Crippen LogP contribution is -2.62. The zero-order valence-electron chi connectivity index (χ0n) is 32.6. The summed E-state index contributed by atoms with van der Waals surface area (Å²) in [5.41, 5.74) is 1.85. The van der Waals surface area contributed by atoms with Gasteiger partial charge in [-0.25, -0.2) is 0 Å². The van der Waals surface area contributed by atoms with Gasteiger partial charge in [-0.15, -0.1) is 0 Å². The number of fused-ring (bicyclic) bond motifs is 3. The van der Waals surface area contributed by atoms with Crippen LogP contribution in [-0.2, 0) is 50.9 Å². The van der Waals surface area contributed by atoms with Gasteiger partial charge in [-0.1, -0.05) is 81.4 Å². The molecule has 2 aromatic carbocycles. The maximum atomic E-state index is 13.3. The number of rotatable bonds is 14. The molecule has 6 rings (SSSR count). The van der Waals surface area contributed by atoms with Crippen molar-refractivity contribution in [2.75, 3.05) is 13.2 Å². The van der Waals surface area contributed by atoms with E-state index in [1.807, 2.05) is 24.3 Å². The number of hydrogen-bond donors (Lipinski definition) is 0. The largest absolute Gasteiger partial charge is 0.417 e. The minimum Gasteiger partial charge on any atom is -0.417 e. The Bertz CT molecular complexity index is 1400. The lowest BCUT2D eigenvalue weighted by atomic mass is 9.81. The van der Waals surface area contributed by atoms with E-state index in [1.165, 1.54) is 5.56 Å². The topological polar surface area (TPSA) is 81.7 Å². The maximum Gasteiger partial charge on any atom is 0.191 e. The highest BCUT2D eigenvalue weighted by Crippen LogP contribution is 2.45. The van der Waals surface area contributed by atoms with Gasteiger partial charge in [0.05, 0.1) is 55.4 Å². The second-order valence-electron chi connectivity index (χ2n) is 17.3. The van der Waals surface area contributed by atoms with Crippen LogP contribution in [0.25, 0.3) is 0 Å². The number of Topliss-reactive ketones (excluding diaryl/α,β-unsaturated/α-hetero) is 1. The van der Waals surface area contributed by atoms with E-state index in [4.69, 9.17) is 32.8 Å². The molecule has 0 saturated carbocycles. The van der Waals surface area contributed by atoms with Gasteiger partial charge in [-0.05, 0) is 81.1 Å². The summed E-state index contributed by atoms with van der Waals surface area (Å²) < 4.78 is 46.6. The van der Waals surface area contributed by atoms with E-state index in [9.17, 15) is 4.79 Å². The van der Waals surface area contributed by atoms with E-state index in [0.717, 1.165) is 50.5 Å². The van der Waals surface area contributed by atoms with Crippen molar-refractivity contribution in [3.05, 3.63) is 71.8 Å². The molecule has 2 aromatic rings. The van der Waals surface area contributed by atoms with E-state index >= 15 is 0 Å². The fourth-order valence-corrected chi connectivity index (χ4v) is 9.11. The van der Waals surface area contributed by atoms with E-state index in [-0.39, 0.29) is 53.5 Å². The number of carbonyl (C=O) groups is 1. The second kappa shape index (κ2) is 17.7. The Labute approximate surface area is 313 Å². The average Bonchev–Trinajstić information content (AvgIpc) is 3.35. The first-order chi connectivity index (χ1) is 24.9. The van der Waals surface area contributed by atoms with Crippen molar-refractivity contribution in [3.63, 3.8) is 0 Å². The molecular formula is C43H64O8Si. The Balaban J connectivity index is 1.07. The van der Waals surface area contributed by atoms with Crippen LogP contribution < -0.4 is 0 Å². The molecule has 4 aliphatic heterocycles. The zero-order valence-corrected chi connectivity index (χ0v) is 33.6. The summed E-state index contributed by atoms with van der Waals surface area (Å²) in [7, 11) is -1.83. The van der Waals surface area contributed by atoms with Crippen molar-refractivity contribution in [2.24, 2.45) is 0 Å². The summed E-state index contributed by atoms with van der Waals surface area (Å²) in [5, 5.41) is 0.163. The van der Waals surface area contributed by atoms with Crippen LogP contribution in [0, 0.1) is 0 Å². The number of hydrogen-bond acceptors (Lipinski definition) is 8. The van der Waals surface area contributed by atoms with Gasteiger partial charge in [-0.3, -0.25) is 4.79 Å². The van der Waals surface area contributed by atoms with Gasteiger partial charge in [0.1, 0.15) is 12.2 Å². The molecule has 0 bridgehead atoms. The van der Waals surface area contributed by atoms with Crippen LogP contribution >= 0.6 is 0 Å². The van der Waals surface area contributed by atoms with Crippen molar-refractivity contribution in [3.8, 4) is 0 Å². The molecule has 52 heavy (non-hydrogen) atoms. The van der Waals surface area contributed by atoms with Crippen molar-refractivity contribution in [1.82, 2.24) is 0 Å². The van der Waals surface area contributed by atoms with E-state index < -0.39 is 20.0 Å². The summed E-state index contributed by atoms with van der Waals surface area (Å²) in [6, 6.07) is 20.7. The van der Waals surface area contributed by atoms with Gasteiger partial charge in [-0.2, -0.15) is 0 Å². The highest BCUT2D eigenvalue weighted by Gasteiger charge is 2.55. The number of benzene rings is 2. The summed E-state index contributed by atoms with van der Waals surface area (Å²) in [5.74, 6) is 0.191. The molecule has 0 N–H and O–H groups in total. The van der Waals surface area contributed by atoms with Crippen molar-refractivity contribution >= 4 is 14.1 Å². The van der Waals surface area contributed by atoms with Crippen molar-refractivity contribution in [1.29, 1.82) is 0 Å². The summed E-state index contributed by atoms with van der Waals surface area (Å²) in [6.07, 6.45) is 6.37. The van der Waals surface area contributed by atoms with Crippen LogP contribution in [0.1, 0.15) is 103 Å². The third kappa shape index (κ3) is 10.2. The number of ether oxygens (including phenoxy) is 6. The molecule has 4 aliphatic rings. The molecule has 0 spiro atoms. The monoisotopic (exact) mass is 736 g/mol. The van der Waals surface area contributed by atoms with E-state index in [2.05, 4.69) is 77.2 Å². The second-order valence-corrected chi connectivity index (χ2v) is 22.1. The number of ketones is 1. The van der Waals surface area contributed by atoms with Crippen LogP contribution in [0.3, 0.4) is 0 Å². The molecule has 0 unspecified atom stereocenters. The molecule has 0 aliphatic carbocycles. The highest BCUT2D eigenvalue weighted by atomic mass is 28.4. The first-order valence-electron chi connectivity index (χ1n) is 20.0. The third-order valence-corrected chi connectivity index (χ3v) is 16.8. The van der Waals surface area contributed by atoms with Gasteiger partial charge < -0.3 is 32.8 Å². The molecule has 9 heteroatoms. The molecule has 0 aromatic heterocycles. The predicted octanol–water partition coefficient (Wildman–Crippen LogP) is 8.74. The minimum atomic E-state index is -1.83. The van der Waals surface area contributed by atoms with Crippen LogP contribution in [0.5, 0.6) is 0 Å². The molecule has 0 radical (unpaired) electrons. The molecule has 9 atom stereocenters. The Kier molecular flexibility index (Phi) is 13.5. The molecule has 4 heterocycles. The van der Waals surface area contributed by atoms with Crippen LogP contribution in [0.2, 0.25) is 18.1 Å². The molecule has 4 fully saturated rings. The summed E-state index contributed by atoms with van der Waals surface area (Å²) in [4.78, 5) is 13.3. The lowest BCUT2D eigenvalue weighted by Gasteiger charge is -2.52. The quantitative estimate of drug-likeness (QED) is 0.141. The van der Waals surface area contributed by atoms with Crippen LogP contribution in [0.15, 0.2) is 60.7 Å². The van der Waals surface area contributed by atoms with Gasteiger partial charge in [0.25, 0.3) is 0 Å². The smallest absolute Gasteiger partial charge is 0.191 e. The lowest BCUT2D eigenvalue weighted by molar-refractivity contribution is -0.298. The molecule has 8 nitrogen and oxygen atoms in total. The first kappa shape index (κ1) is 39.7. The zero-order chi connectivity index (χ0) is 36.8. The Morgan fingerprint density at radius 3 is 2.19 bits per heavy atom. The normalized spacial score (nSPS) is 32.6. The Morgan fingerprint density at radius 2 is 1.48 bits per heavy atom. The fraction of sp³-hybridized carbons (Fsp3) is 0.698. The fourth-order valence-electron chi connectivity index (χ4n) is 8.02. The van der Waals surface area contributed by atoms with Crippen molar-refractivity contribution < 1.29 is 37.6 Å².